The number of methoxy groups -OCH3 is 1. The molecule has 0 radical (unpaired) electrons. The van der Waals surface area contributed by atoms with Gasteiger partial charge in [-0.1, -0.05) is 30.3 Å². The lowest BCUT2D eigenvalue weighted by Crippen LogP contribution is -2.28. The number of carbonyl (C=O) groups excluding carboxylic acids is 1. The Morgan fingerprint density at radius 1 is 1.40 bits per heavy atom. The molecule has 1 aromatic rings. The number of hydrogen-bond donors (Lipinski definition) is 1. The smallest absolute Gasteiger partial charge is 0.307 e. The second kappa shape index (κ2) is 6.19. The highest BCUT2D eigenvalue weighted by atomic mass is 16.5. The Morgan fingerprint density at radius 3 is 2.67 bits per heavy atom. The Hall–Kier alpha value is -1.35. The van der Waals surface area contributed by atoms with Crippen LogP contribution in [0.5, 0.6) is 0 Å². The van der Waals surface area contributed by atoms with Gasteiger partial charge in [0.05, 0.1) is 13.5 Å². The fraction of sp³-hybridized carbons (Fsp3) is 0.417. The van der Waals surface area contributed by atoms with E-state index in [4.69, 9.17) is 0 Å². The Kier molecular flexibility index (Phi) is 4.84. The molecule has 0 bridgehead atoms. The van der Waals surface area contributed by atoms with Crippen LogP contribution in [0.1, 0.15) is 18.9 Å². The normalized spacial score (nSPS) is 12.1. The van der Waals surface area contributed by atoms with E-state index in [1.807, 2.05) is 25.1 Å². The number of nitrogens with one attached hydrogen (secondary N) is 1. The van der Waals surface area contributed by atoms with E-state index >= 15 is 0 Å². The molecule has 0 unspecified atom stereocenters. The lowest BCUT2D eigenvalue weighted by molar-refractivity contribution is -0.141. The lowest BCUT2D eigenvalue weighted by atomic mass is 10.2. The van der Waals surface area contributed by atoms with E-state index in [-0.39, 0.29) is 12.0 Å². The van der Waals surface area contributed by atoms with E-state index in [2.05, 4.69) is 22.2 Å². The molecule has 0 heterocycles. The predicted molar refractivity (Wildman–Crippen MR) is 59.4 cm³/mol. The van der Waals surface area contributed by atoms with Crippen LogP contribution >= 0.6 is 0 Å². The summed E-state index contributed by atoms with van der Waals surface area (Å²) in [6.07, 6.45) is 0.406. The summed E-state index contributed by atoms with van der Waals surface area (Å²) in [5, 5.41) is 3.26. The number of carbonyl (C=O) groups is 1. The van der Waals surface area contributed by atoms with E-state index in [1.165, 1.54) is 12.7 Å². The summed E-state index contributed by atoms with van der Waals surface area (Å²) in [6, 6.07) is 10.2. The van der Waals surface area contributed by atoms with E-state index in [0.717, 1.165) is 6.54 Å². The maximum absolute atomic E-state index is 11.0. The quantitative estimate of drug-likeness (QED) is 0.747. The average molecular weight is 207 g/mol. The van der Waals surface area contributed by atoms with Crippen molar-refractivity contribution in [3.05, 3.63) is 35.9 Å². The number of benzene rings is 1. The number of esters is 1. The first kappa shape index (κ1) is 11.7. The first-order valence-corrected chi connectivity index (χ1v) is 5.06. The van der Waals surface area contributed by atoms with E-state index in [0.29, 0.717) is 6.42 Å². The Morgan fingerprint density at radius 2 is 2.07 bits per heavy atom. The zero-order chi connectivity index (χ0) is 11.1. The fourth-order valence-electron chi connectivity index (χ4n) is 1.29. The van der Waals surface area contributed by atoms with Crippen LogP contribution in [0.4, 0.5) is 0 Å². The van der Waals surface area contributed by atoms with Gasteiger partial charge in [0, 0.05) is 12.6 Å². The van der Waals surface area contributed by atoms with Crippen molar-refractivity contribution in [3.63, 3.8) is 0 Å². The van der Waals surface area contributed by atoms with Crippen molar-refractivity contribution in [2.45, 2.75) is 25.9 Å². The Balaban J connectivity index is 2.28. The molecule has 0 saturated carbocycles. The highest BCUT2D eigenvalue weighted by Crippen LogP contribution is 2.00. The lowest BCUT2D eigenvalue weighted by Gasteiger charge is -2.12. The van der Waals surface area contributed by atoms with Gasteiger partial charge in [0.25, 0.3) is 0 Å². The number of hydrogen-bond acceptors (Lipinski definition) is 3. The van der Waals surface area contributed by atoms with Crippen LogP contribution in [-0.2, 0) is 16.1 Å². The average Bonchev–Trinajstić information content (AvgIpc) is 2.27. The summed E-state index contributed by atoms with van der Waals surface area (Å²) in [5.74, 6) is -0.178. The molecular weight excluding hydrogens is 190 g/mol. The monoisotopic (exact) mass is 207 g/mol. The molecule has 0 saturated heterocycles. The minimum atomic E-state index is -0.178. The molecule has 1 rings (SSSR count). The van der Waals surface area contributed by atoms with Gasteiger partial charge < -0.3 is 10.1 Å². The van der Waals surface area contributed by atoms with Gasteiger partial charge in [0.1, 0.15) is 0 Å². The van der Waals surface area contributed by atoms with Crippen molar-refractivity contribution < 1.29 is 9.53 Å². The van der Waals surface area contributed by atoms with Crippen LogP contribution in [-0.4, -0.2) is 19.1 Å². The molecule has 1 N–H and O–H groups in total. The van der Waals surface area contributed by atoms with E-state index in [1.54, 1.807) is 0 Å². The van der Waals surface area contributed by atoms with Gasteiger partial charge >= 0.3 is 5.97 Å². The molecule has 0 aromatic heterocycles. The van der Waals surface area contributed by atoms with Crippen molar-refractivity contribution >= 4 is 5.97 Å². The summed E-state index contributed by atoms with van der Waals surface area (Å²) < 4.78 is 4.59. The minimum absolute atomic E-state index is 0.137. The summed E-state index contributed by atoms with van der Waals surface area (Å²) in [5.41, 5.74) is 1.22. The number of rotatable bonds is 5. The van der Waals surface area contributed by atoms with Crippen molar-refractivity contribution in [1.82, 2.24) is 5.32 Å². The Bertz CT molecular complexity index is 298. The first-order valence-electron chi connectivity index (χ1n) is 5.06. The largest absolute Gasteiger partial charge is 0.469 e. The van der Waals surface area contributed by atoms with Crippen LogP contribution < -0.4 is 5.32 Å². The number of ether oxygens (including phenoxy) is 1. The van der Waals surface area contributed by atoms with Gasteiger partial charge in [-0.2, -0.15) is 0 Å². The summed E-state index contributed by atoms with van der Waals surface area (Å²) in [4.78, 5) is 11.0. The van der Waals surface area contributed by atoms with Crippen molar-refractivity contribution in [2.75, 3.05) is 7.11 Å². The second-order valence-corrected chi connectivity index (χ2v) is 3.55. The van der Waals surface area contributed by atoms with E-state index < -0.39 is 0 Å². The molecule has 82 valence electrons. The molecule has 0 aliphatic heterocycles. The highest BCUT2D eigenvalue weighted by Gasteiger charge is 2.07. The van der Waals surface area contributed by atoms with Gasteiger partial charge in [0.2, 0.25) is 0 Å². The van der Waals surface area contributed by atoms with Crippen LogP contribution in [0.2, 0.25) is 0 Å². The maximum Gasteiger partial charge on any atom is 0.307 e. The summed E-state index contributed by atoms with van der Waals surface area (Å²) >= 11 is 0. The topological polar surface area (TPSA) is 38.3 Å². The molecule has 0 aliphatic carbocycles. The third-order valence-electron chi connectivity index (χ3n) is 2.20. The van der Waals surface area contributed by atoms with E-state index in [9.17, 15) is 4.79 Å². The van der Waals surface area contributed by atoms with Gasteiger partial charge in [-0.05, 0) is 12.5 Å². The Labute approximate surface area is 90.4 Å². The van der Waals surface area contributed by atoms with Gasteiger partial charge in [-0.25, -0.2) is 0 Å². The molecule has 1 atom stereocenters. The zero-order valence-corrected chi connectivity index (χ0v) is 9.19. The molecule has 0 spiro atoms. The van der Waals surface area contributed by atoms with Crippen molar-refractivity contribution in [3.8, 4) is 0 Å². The van der Waals surface area contributed by atoms with Gasteiger partial charge in [-0.3, -0.25) is 4.79 Å². The third-order valence-corrected chi connectivity index (χ3v) is 2.20. The SMILES string of the molecule is COC(=O)C[C@@H](C)NCc1ccccc1. The summed E-state index contributed by atoms with van der Waals surface area (Å²) in [6.45, 7) is 2.75. The van der Waals surface area contributed by atoms with Gasteiger partial charge in [0.15, 0.2) is 0 Å². The van der Waals surface area contributed by atoms with Crippen molar-refractivity contribution in [1.29, 1.82) is 0 Å². The molecule has 15 heavy (non-hydrogen) atoms. The molecule has 3 heteroatoms. The zero-order valence-electron chi connectivity index (χ0n) is 9.19. The predicted octanol–water partition coefficient (Wildman–Crippen LogP) is 1.73. The second-order valence-electron chi connectivity index (χ2n) is 3.55. The molecule has 0 fully saturated rings. The summed E-state index contributed by atoms with van der Waals surface area (Å²) in [7, 11) is 1.41. The highest BCUT2D eigenvalue weighted by molar-refractivity contribution is 5.69. The van der Waals surface area contributed by atoms with Gasteiger partial charge in [-0.15, -0.1) is 0 Å². The molecule has 3 nitrogen and oxygen atoms in total. The first-order chi connectivity index (χ1) is 7.22. The van der Waals surface area contributed by atoms with Crippen LogP contribution in [0, 0.1) is 0 Å². The molecule has 0 aliphatic rings. The maximum atomic E-state index is 11.0. The third kappa shape index (κ3) is 4.61. The van der Waals surface area contributed by atoms with Crippen LogP contribution in [0.25, 0.3) is 0 Å². The fourth-order valence-corrected chi connectivity index (χ4v) is 1.29. The standard InChI is InChI=1S/C12H17NO2/c1-10(8-12(14)15-2)13-9-11-6-4-3-5-7-11/h3-7,10,13H,8-9H2,1-2H3/t10-/m1/s1. The molecular formula is C12H17NO2. The van der Waals surface area contributed by atoms with Crippen molar-refractivity contribution in [2.24, 2.45) is 0 Å². The molecule has 0 amide bonds. The van der Waals surface area contributed by atoms with Crippen LogP contribution in [0.3, 0.4) is 0 Å². The van der Waals surface area contributed by atoms with Crippen LogP contribution in [0.15, 0.2) is 30.3 Å². The molecule has 1 aromatic carbocycles. The minimum Gasteiger partial charge on any atom is -0.469 e.